The molecule has 0 radical (unpaired) electrons. The van der Waals surface area contributed by atoms with E-state index in [2.05, 4.69) is 25.9 Å². The first-order valence-electron chi connectivity index (χ1n) is 9.30. The van der Waals surface area contributed by atoms with E-state index >= 15 is 0 Å². The Bertz CT molecular complexity index is 1170. The first-order chi connectivity index (χ1) is 14.7. The lowest BCUT2D eigenvalue weighted by Gasteiger charge is -2.26. The van der Waals surface area contributed by atoms with Gasteiger partial charge in [-0.25, -0.2) is 4.68 Å². The second kappa shape index (κ2) is 7.66. The summed E-state index contributed by atoms with van der Waals surface area (Å²) in [5.41, 5.74) is 1.76. The largest absolute Gasteiger partial charge is 0.486 e. The summed E-state index contributed by atoms with van der Waals surface area (Å²) in [5, 5.41) is 18.2. The van der Waals surface area contributed by atoms with Crippen molar-refractivity contribution in [1.82, 2.24) is 30.0 Å². The monoisotopic (exact) mass is 403 g/mol. The van der Waals surface area contributed by atoms with Gasteiger partial charge in [0.25, 0.3) is 5.91 Å². The number of tetrazole rings is 1. The van der Waals surface area contributed by atoms with E-state index in [-0.39, 0.29) is 12.0 Å². The van der Waals surface area contributed by atoms with Gasteiger partial charge < -0.3 is 14.8 Å². The number of para-hydroxylation sites is 2. The minimum Gasteiger partial charge on any atom is -0.486 e. The van der Waals surface area contributed by atoms with Crippen molar-refractivity contribution in [2.45, 2.75) is 12.6 Å². The summed E-state index contributed by atoms with van der Waals surface area (Å²) in [6.07, 6.45) is 4.65. The van der Waals surface area contributed by atoms with Crippen molar-refractivity contribution in [3.8, 4) is 17.2 Å². The number of fused-ring (bicyclic) bond motifs is 1. The molecule has 0 fully saturated rings. The van der Waals surface area contributed by atoms with E-state index in [1.807, 2.05) is 30.3 Å². The summed E-state index contributed by atoms with van der Waals surface area (Å²) in [5.74, 6) is 1.21. The number of rotatable bonds is 5. The van der Waals surface area contributed by atoms with Gasteiger partial charge in [0.05, 0.1) is 24.1 Å². The Morgan fingerprint density at radius 1 is 1.17 bits per heavy atom. The van der Waals surface area contributed by atoms with E-state index in [9.17, 15) is 4.79 Å². The van der Waals surface area contributed by atoms with E-state index in [1.165, 1.54) is 11.0 Å². The molecular weight excluding hydrogens is 386 g/mol. The molecule has 5 rings (SSSR count). The van der Waals surface area contributed by atoms with Gasteiger partial charge in [0, 0.05) is 11.8 Å². The molecule has 0 saturated heterocycles. The van der Waals surface area contributed by atoms with Crippen LogP contribution in [0.25, 0.3) is 5.69 Å². The van der Waals surface area contributed by atoms with Crippen LogP contribution in [0.2, 0.25) is 0 Å². The number of benzene rings is 2. The van der Waals surface area contributed by atoms with Crippen LogP contribution in [-0.4, -0.2) is 48.6 Å². The van der Waals surface area contributed by atoms with Crippen LogP contribution in [0.4, 0.5) is 5.69 Å². The van der Waals surface area contributed by atoms with Gasteiger partial charge in [0.1, 0.15) is 12.9 Å². The van der Waals surface area contributed by atoms with E-state index < -0.39 is 0 Å². The van der Waals surface area contributed by atoms with E-state index in [0.717, 1.165) is 11.5 Å². The van der Waals surface area contributed by atoms with Gasteiger partial charge in [-0.15, -0.1) is 5.10 Å². The van der Waals surface area contributed by atoms with Crippen molar-refractivity contribution in [3.63, 3.8) is 0 Å². The van der Waals surface area contributed by atoms with Gasteiger partial charge in [-0.1, -0.05) is 18.2 Å². The molecule has 1 aliphatic rings. The summed E-state index contributed by atoms with van der Waals surface area (Å²) in [4.78, 5) is 12.6. The number of nitrogens with zero attached hydrogens (tertiary/aromatic N) is 6. The predicted octanol–water partition coefficient (Wildman–Crippen LogP) is 1.95. The summed E-state index contributed by atoms with van der Waals surface area (Å²) in [7, 11) is 0. The summed E-state index contributed by atoms with van der Waals surface area (Å²) >= 11 is 0. The molecule has 2 aromatic carbocycles. The zero-order valence-electron chi connectivity index (χ0n) is 15.8. The maximum Gasteiger partial charge on any atom is 0.255 e. The number of anilines is 1. The minimum atomic E-state index is -0.254. The average molecular weight is 403 g/mol. The van der Waals surface area contributed by atoms with Crippen LogP contribution in [0.1, 0.15) is 10.4 Å². The molecule has 3 heterocycles. The first kappa shape index (κ1) is 17.9. The molecule has 1 aliphatic heterocycles. The highest BCUT2D eigenvalue weighted by Crippen LogP contribution is 2.31. The summed E-state index contributed by atoms with van der Waals surface area (Å²) < 4.78 is 14.9. The molecule has 2 aromatic heterocycles. The number of hydrogen-bond acceptors (Lipinski definition) is 7. The lowest BCUT2D eigenvalue weighted by atomic mass is 10.2. The number of aromatic nitrogens is 6. The molecule has 0 saturated carbocycles. The maximum atomic E-state index is 12.6. The van der Waals surface area contributed by atoms with Crippen molar-refractivity contribution >= 4 is 11.6 Å². The number of ether oxygens (including phenoxy) is 2. The number of amides is 1. The van der Waals surface area contributed by atoms with Crippen LogP contribution in [0.15, 0.2) is 67.3 Å². The molecule has 150 valence electrons. The topological polar surface area (TPSA) is 109 Å². The summed E-state index contributed by atoms with van der Waals surface area (Å²) in [6, 6.07) is 14.6. The molecule has 0 unspecified atom stereocenters. The standard InChI is InChI=1S/C20H17N7O3/c28-20(14-4-3-5-16(8-14)27-13-21-24-25-27)23-15-9-22-26(10-15)11-17-12-29-18-6-1-2-7-19(18)30-17/h1-10,13,17H,11-12H2,(H,23,28)/t17-/m1/s1. The highest BCUT2D eigenvalue weighted by Gasteiger charge is 2.21. The Morgan fingerprint density at radius 3 is 2.93 bits per heavy atom. The van der Waals surface area contributed by atoms with E-state index in [0.29, 0.717) is 30.1 Å². The minimum absolute atomic E-state index is 0.170. The molecule has 10 nitrogen and oxygen atoms in total. The van der Waals surface area contributed by atoms with Crippen LogP contribution in [0.5, 0.6) is 11.5 Å². The van der Waals surface area contributed by atoms with Crippen LogP contribution < -0.4 is 14.8 Å². The van der Waals surface area contributed by atoms with Crippen LogP contribution in [-0.2, 0) is 6.54 Å². The number of carbonyl (C=O) groups is 1. The number of nitrogens with one attached hydrogen (secondary N) is 1. The smallest absolute Gasteiger partial charge is 0.255 e. The molecule has 1 amide bonds. The van der Waals surface area contributed by atoms with E-state index in [4.69, 9.17) is 9.47 Å². The van der Waals surface area contributed by atoms with Crippen molar-refractivity contribution in [1.29, 1.82) is 0 Å². The molecule has 1 N–H and O–H groups in total. The third-order valence-corrected chi connectivity index (χ3v) is 4.57. The fourth-order valence-electron chi connectivity index (χ4n) is 3.16. The van der Waals surface area contributed by atoms with Crippen LogP contribution >= 0.6 is 0 Å². The van der Waals surface area contributed by atoms with Gasteiger partial charge in [-0.2, -0.15) is 5.10 Å². The zero-order chi connectivity index (χ0) is 20.3. The normalized spacial score (nSPS) is 15.0. The van der Waals surface area contributed by atoms with Crippen LogP contribution in [0.3, 0.4) is 0 Å². The molecule has 0 spiro atoms. The molecule has 10 heteroatoms. The van der Waals surface area contributed by atoms with Crippen molar-refractivity contribution in [2.24, 2.45) is 0 Å². The Labute approximate surface area is 171 Å². The molecule has 30 heavy (non-hydrogen) atoms. The fraction of sp³-hybridized carbons (Fsp3) is 0.150. The Kier molecular flexibility index (Phi) is 4.56. The maximum absolute atomic E-state index is 12.6. The Morgan fingerprint density at radius 2 is 2.07 bits per heavy atom. The van der Waals surface area contributed by atoms with Crippen LogP contribution in [0, 0.1) is 0 Å². The van der Waals surface area contributed by atoms with Crippen molar-refractivity contribution < 1.29 is 14.3 Å². The second-order valence-corrected chi connectivity index (χ2v) is 6.71. The molecule has 4 aromatic rings. The molecule has 0 aliphatic carbocycles. The third kappa shape index (κ3) is 3.70. The highest BCUT2D eigenvalue weighted by atomic mass is 16.6. The van der Waals surface area contributed by atoms with Crippen molar-refractivity contribution in [3.05, 3.63) is 72.8 Å². The third-order valence-electron chi connectivity index (χ3n) is 4.57. The molecule has 0 bridgehead atoms. The highest BCUT2D eigenvalue weighted by molar-refractivity contribution is 6.04. The molecule has 1 atom stereocenters. The Hall–Kier alpha value is -4.21. The van der Waals surface area contributed by atoms with Gasteiger partial charge in [-0.3, -0.25) is 9.48 Å². The van der Waals surface area contributed by atoms with Gasteiger partial charge >= 0.3 is 0 Å². The fourth-order valence-corrected chi connectivity index (χ4v) is 3.16. The van der Waals surface area contributed by atoms with Crippen molar-refractivity contribution in [2.75, 3.05) is 11.9 Å². The predicted molar refractivity (Wildman–Crippen MR) is 106 cm³/mol. The Balaban J connectivity index is 1.23. The average Bonchev–Trinajstić information content (AvgIpc) is 3.46. The quantitative estimate of drug-likeness (QED) is 0.542. The lowest BCUT2D eigenvalue weighted by Crippen LogP contribution is -2.33. The first-order valence-corrected chi connectivity index (χ1v) is 9.30. The number of carbonyl (C=O) groups excluding carboxylic acids is 1. The van der Waals surface area contributed by atoms with Gasteiger partial charge in [-0.05, 0) is 40.8 Å². The second-order valence-electron chi connectivity index (χ2n) is 6.71. The molecular formula is C20H17N7O3. The van der Waals surface area contributed by atoms with Gasteiger partial charge in [0.15, 0.2) is 17.6 Å². The SMILES string of the molecule is O=C(Nc1cnn(C[C@@H]2COc3ccccc3O2)c1)c1cccc(-n2cnnn2)c1. The van der Waals surface area contributed by atoms with Gasteiger partial charge in [0.2, 0.25) is 0 Å². The van der Waals surface area contributed by atoms with E-state index in [1.54, 1.807) is 35.3 Å². The summed E-state index contributed by atoms with van der Waals surface area (Å²) in [6.45, 7) is 0.932. The zero-order valence-corrected chi connectivity index (χ0v) is 15.8. The number of hydrogen-bond donors (Lipinski definition) is 1. The lowest BCUT2D eigenvalue weighted by molar-refractivity contribution is 0.0759.